The summed E-state index contributed by atoms with van der Waals surface area (Å²) in [5.74, 6) is -3.56. The van der Waals surface area contributed by atoms with Gasteiger partial charge < -0.3 is 5.73 Å². The van der Waals surface area contributed by atoms with Crippen molar-refractivity contribution in [3.05, 3.63) is 35.4 Å². The van der Waals surface area contributed by atoms with Crippen LogP contribution < -0.4 is 5.73 Å². The maximum Gasteiger partial charge on any atom is 0.402 e. The van der Waals surface area contributed by atoms with Gasteiger partial charge in [0.2, 0.25) is 0 Å². The van der Waals surface area contributed by atoms with E-state index in [-0.39, 0.29) is 5.56 Å². The molecule has 18 heavy (non-hydrogen) atoms. The lowest BCUT2D eigenvalue weighted by atomic mass is 9.92. The Kier molecular flexibility index (Phi) is 3.95. The van der Waals surface area contributed by atoms with Crippen LogP contribution >= 0.6 is 0 Å². The minimum atomic E-state index is -5.43. The van der Waals surface area contributed by atoms with Crippen LogP contribution in [-0.2, 0) is 0 Å². The van der Waals surface area contributed by atoms with E-state index in [1.165, 1.54) is 12.1 Å². The first-order valence-corrected chi connectivity index (χ1v) is 4.99. The third-order valence-electron chi connectivity index (χ3n) is 2.49. The molecule has 0 aromatic heterocycles. The standard InChI is InChI=1S/C11H11F6N/c1-6-3-2-4-7(5-6)8(18)9(10(12,13)14)11(15,16)17/h2-5,8-9H,18H2,1H3. The quantitative estimate of drug-likeness (QED) is 0.815. The first kappa shape index (κ1) is 14.8. The Bertz CT molecular complexity index is 395. The molecule has 0 aliphatic carbocycles. The third kappa shape index (κ3) is 3.38. The SMILES string of the molecule is Cc1cccc(C(N)C(C(F)(F)F)C(F)(F)F)c1. The summed E-state index contributed by atoms with van der Waals surface area (Å²) in [6.45, 7) is 1.56. The highest BCUT2D eigenvalue weighted by Crippen LogP contribution is 2.45. The Morgan fingerprint density at radius 1 is 1.00 bits per heavy atom. The molecule has 1 aromatic rings. The summed E-state index contributed by atoms with van der Waals surface area (Å²) >= 11 is 0. The fourth-order valence-electron chi connectivity index (χ4n) is 1.66. The zero-order chi connectivity index (χ0) is 14.1. The largest absolute Gasteiger partial charge is 0.402 e. The summed E-state index contributed by atoms with van der Waals surface area (Å²) in [5, 5.41) is 0. The second kappa shape index (κ2) is 4.79. The smallest absolute Gasteiger partial charge is 0.323 e. The first-order chi connectivity index (χ1) is 8.03. The van der Waals surface area contributed by atoms with Gasteiger partial charge in [0.05, 0.1) is 6.04 Å². The monoisotopic (exact) mass is 271 g/mol. The maximum absolute atomic E-state index is 12.5. The number of hydrogen-bond acceptors (Lipinski definition) is 1. The molecule has 1 aromatic carbocycles. The molecule has 1 unspecified atom stereocenters. The van der Waals surface area contributed by atoms with Crippen molar-refractivity contribution in [2.45, 2.75) is 25.3 Å². The van der Waals surface area contributed by atoms with Crippen LogP contribution in [-0.4, -0.2) is 12.4 Å². The summed E-state index contributed by atoms with van der Waals surface area (Å²) in [5.41, 5.74) is 5.50. The molecule has 1 rings (SSSR count). The summed E-state index contributed by atoms with van der Waals surface area (Å²) in [6.07, 6.45) is -10.9. The van der Waals surface area contributed by atoms with Gasteiger partial charge in [0.15, 0.2) is 5.92 Å². The van der Waals surface area contributed by atoms with Crippen molar-refractivity contribution in [3.8, 4) is 0 Å². The average molecular weight is 271 g/mol. The van der Waals surface area contributed by atoms with Crippen LogP contribution in [0, 0.1) is 12.8 Å². The van der Waals surface area contributed by atoms with Crippen LogP contribution in [0.15, 0.2) is 24.3 Å². The van der Waals surface area contributed by atoms with Crippen molar-refractivity contribution < 1.29 is 26.3 Å². The van der Waals surface area contributed by atoms with Crippen LogP contribution in [0.2, 0.25) is 0 Å². The number of halogens is 6. The second-order valence-electron chi connectivity index (χ2n) is 4.00. The Balaban J connectivity index is 3.15. The van der Waals surface area contributed by atoms with E-state index in [0.717, 1.165) is 6.07 Å². The molecule has 7 heteroatoms. The van der Waals surface area contributed by atoms with Crippen molar-refractivity contribution in [2.75, 3.05) is 0 Å². The molecule has 0 spiro atoms. The van der Waals surface area contributed by atoms with Gasteiger partial charge in [-0.2, -0.15) is 26.3 Å². The minimum absolute atomic E-state index is 0.186. The van der Waals surface area contributed by atoms with Gasteiger partial charge in [-0.05, 0) is 12.5 Å². The predicted octanol–water partition coefficient (Wildman–Crippen LogP) is 3.74. The summed E-state index contributed by atoms with van der Waals surface area (Å²) in [4.78, 5) is 0. The van der Waals surface area contributed by atoms with Crippen molar-refractivity contribution in [1.29, 1.82) is 0 Å². The van der Waals surface area contributed by atoms with E-state index in [0.29, 0.717) is 5.56 Å². The molecular weight excluding hydrogens is 260 g/mol. The van der Waals surface area contributed by atoms with Gasteiger partial charge in [-0.3, -0.25) is 0 Å². The average Bonchev–Trinajstić information content (AvgIpc) is 2.12. The molecule has 0 fully saturated rings. The molecule has 0 saturated carbocycles. The molecule has 0 aliphatic heterocycles. The number of aryl methyl sites for hydroxylation is 1. The Hall–Kier alpha value is -1.24. The number of nitrogens with two attached hydrogens (primary N) is 1. The lowest BCUT2D eigenvalue weighted by molar-refractivity contribution is -0.290. The van der Waals surface area contributed by atoms with Crippen molar-refractivity contribution in [2.24, 2.45) is 11.7 Å². The zero-order valence-corrected chi connectivity index (χ0v) is 9.31. The number of benzene rings is 1. The highest BCUT2D eigenvalue weighted by Gasteiger charge is 2.59. The second-order valence-corrected chi connectivity index (χ2v) is 4.00. The third-order valence-corrected chi connectivity index (χ3v) is 2.49. The lowest BCUT2D eigenvalue weighted by Crippen LogP contribution is -2.44. The van der Waals surface area contributed by atoms with Crippen molar-refractivity contribution >= 4 is 0 Å². The van der Waals surface area contributed by atoms with Crippen LogP contribution in [0.3, 0.4) is 0 Å². The van der Waals surface area contributed by atoms with E-state index in [2.05, 4.69) is 0 Å². The number of hydrogen-bond donors (Lipinski definition) is 1. The van der Waals surface area contributed by atoms with Gasteiger partial charge in [-0.1, -0.05) is 29.8 Å². The van der Waals surface area contributed by atoms with Gasteiger partial charge in [-0.25, -0.2) is 0 Å². The summed E-state index contributed by atoms with van der Waals surface area (Å²) < 4.78 is 74.7. The van der Waals surface area contributed by atoms with E-state index >= 15 is 0 Å². The molecule has 0 radical (unpaired) electrons. The van der Waals surface area contributed by atoms with E-state index in [9.17, 15) is 26.3 Å². The van der Waals surface area contributed by atoms with Crippen molar-refractivity contribution in [1.82, 2.24) is 0 Å². The summed E-state index contributed by atoms with van der Waals surface area (Å²) in [6, 6.07) is 3.14. The van der Waals surface area contributed by atoms with Gasteiger partial charge in [-0.15, -0.1) is 0 Å². The van der Waals surface area contributed by atoms with Crippen LogP contribution in [0.1, 0.15) is 17.2 Å². The topological polar surface area (TPSA) is 26.0 Å². The molecule has 0 saturated heterocycles. The molecule has 0 heterocycles. The molecule has 0 aliphatic rings. The highest BCUT2D eigenvalue weighted by molar-refractivity contribution is 5.26. The van der Waals surface area contributed by atoms with E-state index in [4.69, 9.17) is 5.73 Å². The van der Waals surface area contributed by atoms with E-state index in [1.807, 2.05) is 0 Å². The van der Waals surface area contributed by atoms with Gasteiger partial charge in [0.1, 0.15) is 0 Å². The Labute approximate surface area is 99.6 Å². The molecular formula is C11H11F6N. The van der Waals surface area contributed by atoms with Gasteiger partial charge in [0, 0.05) is 0 Å². The minimum Gasteiger partial charge on any atom is -0.323 e. The van der Waals surface area contributed by atoms with Crippen LogP contribution in [0.25, 0.3) is 0 Å². The van der Waals surface area contributed by atoms with Gasteiger partial charge in [0.25, 0.3) is 0 Å². The van der Waals surface area contributed by atoms with Crippen LogP contribution in [0.5, 0.6) is 0 Å². The highest BCUT2D eigenvalue weighted by atomic mass is 19.4. The molecule has 1 nitrogen and oxygen atoms in total. The fourth-order valence-corrected chi connectivity index (χ4v) is 1.66. The molecule has 0 amide bonds. The number of rotatable bonds is 2. The molecule has 1 atom stereocenters. The molecule has 102 valence electrons. The maximum atomic E-state index is 12.5. The Morgan fingerprint density at radius 3 is 1.89 bits per heavy atom. The van der Waals surface area contributed by atoms with Crippen molar-refractivity contribution in [3.63, 3.8) is 0 Å². The molecule has 0 bridgehead atoms. The van der Waals surface area contributed by atoms with E-state index in [1.54, 1.807) is 13.0 Å². The molecule has 2 N–H and O–H groups in total. The normalized spacial score (nSPS) is 14.9. The zero-order valence-electron chi connectivity index (χ0n) is 9.31. The first-order valence-electron chi connectivity index (χ1n) is 4.99. The Morgan fingerprint density at radius 2 is 1.50 bits per heavy atom. The van der Waals surface area contributed by atoms with Gasteiger partial charge >= 0.3 is 12.4 Å². The number of alkyl halides is 6. The fraction of sp³-hybridized carbons (Fsp3) is 0.455. The summed E-state index contributed by atoms with van der Waals surface area (Å²) in [7, 11) is 0. The predicted molar refractivity (Wildman–Crippen MR) is 53.7 cm³/mol. The lowest BCUT2D eigenvalue weighted by Gasteiger charge is -2.28. The van der Waals surface area contributed by atoms with E-state index < -0.39 is 24.3 Å². The van der Waals surface area contributed by atoms with Crippen LogP contribution in [0.4, 0.5) is 26.3 Å².